The molecule has 1 unspecified atom stereocenters. The molecule has 0 aliphatic rings. The molecular formula is C7H11N3O4S2. The van der Waals surface area contributed by atoms with Gasteiger partial charge in [0, 0.05) is 6.26 Å². The summed E-state index contributed by atoms with van der Waals surface area (Å²) in [7, 11) is -3.23. The van der Waals surface area contributed by atoms with Crippen molar-refractivity contribution >= 4 is 27.6 Å². The fraction of sp³-hybridized carbons (Fsp3) is 0.571. The van der Waals surface area contributed by atoms with Gasteiger partial charge in [-0.1, -0.05) is 11.8 Å². The van der Waals surface area contributed by atoms with Gasteiger partial charge in [0.1, 0.15) is 11.1 Å². The van der Waals surface area contributed by atoms with Crippen LogP contribution in [0.15, 0.2) is 5.16 Å². The molecule has 0 amide bonds. The molecule has 1 rings (SSSR count). The number of aliphatic carboxylic acids is 1. The molecule has 90 valence electrons. The van der Waals surface area contributed by atoms with Crippen LogP contribution in [0.4, 0.5) is 0 Å². The number of thioether (sulfide) groups is 1. The third-order valence-electron chi connectivity index (χ3n) is 1.83. The second-order valence-corrected chi connectivity index (χ2v) is 6.47. The number of sulfone groups is 1. The highest BCUT2D eigenvalue weighted by atomic mass is 32.2. The van der Waals surface area contributed by atoms with Gasteiger partial charge >= 0.3 is 5.97 Å². The molecule has 7 nitrogen and oxygen atoms in total. The lowest BCUT2D eigenvalue weighted by Gasteiger charge is -2.03. The normalized spacial score (nSPS) is 13.6. The quantitative estimate of drug-likeness (QED) is 0.725. The average molecular weight is 265 g/mol. The van der Waals surface area contributed by atoms with Gasteiger partial charge in [-0.15, -0.1) is 5.10 Å². The first-order valence-corrected chi connectivity index (χ1v) is 7.20. The lowest BCUT2D eigenvalue weighted by molar-refractivity contribution is -0.133. The van der Waals surface area contributed by atoms with Crippen molar-refractivity contribution in [2.24, 2.45) is 0 Å². The number of carboxylic acid groups (broad SMARTS) is 1. The van der Waals surface area contributed by atoms with Crippen LogP contribution in [0.25, 0.3) is 0 Å². The second kappa shape index (κ2) is 4.83. The summed E-state index contributed by atoms with van der Waals surface area (Å²) in [5.74, 6) is -0.923. The Bertz CT molecular complexity index is 482. The van der Waals surface area contributed by atoms with Crippen LogP contribution in [0.3, 0.4) is 0 Å². The van der Waals surface area contributed by atoms with Gasteiger partial charge in [0.25, 0.3) is 0 Å². The predicted molar refractivity (Wildman–Crippen MR) is 58.0 cm³/mol. The summed E-state index contributed by atoms with van der Waals surface area (Å²) in [6, 6.07) is 0. The van der Waals surface area contributed by atoms with E-state index >= 15 is 0 Å². The van der Waals surface area contributed by atoms with Crippen LogP contribution in [-0.4, -0.2) is 46.7 Å². The fourth-order valence-electron chi connectivity index (χ4n) is 0.834. The Morgan fingerprint density at radius 3 is 2.75 bits per heavy atom. The SMILES string of the molecule is CC(c1nc(SCC(=O)O)n[nH]1)S(C)(=O)=O. The molecule has 1 atom stereocenters. The molecule has 0 fully saturated rings. The largest absolute Gasteiger partial charge is 0.481 e. The number of rotatable bonds is 5. The lowest BCUT2D eigenvalue weighted by Crippen LogP contribution is -2.09. The first kappa shape index (κ1) is 13.0. The number of hydrogen-bond acceptors (Lipinski definition) is 6. The minimum atomic E-state index is -3.23. The van der Waals surface area contributed by atoms with E-state index in [0.29, 0.717) is 0 Å². The van der Waals surface area contributed by atoms with Gasteiger partial charge in [-0.3, -0.25) is 9.89 Å². The van der Waals surface area contributed by atoms with Crippen molar-refractivity contribution in [1.29, 1.82) is 0 Å². The van der Waals surface area contributed by atoms with Crippen molar-refractivity contribution in [3.63, 3.8) is 0 Å². The minimum absolute atomic E-state index is 0.162. The maximum Gasteiger partial charge on any atom is 0.313 e. The van der Waals surface area contributed by atoms with Crippen molar-refractivity contribution in [3.8, 4) is 0 Å². The minimum Gasteiger partial charge on any atom is -0.481 e. The summed E-state index contributed by atoms with van der Waals surface area (Å²) >= 11 is 0.930. The van der Waals surface area contributed by atoms with E-state index in [1.165, 1.54) is 6.92 Å². The summed E-state index contributed by atoms with van der Waals surface area (Å²) in [6.07, 6.45) is 1.10. The third kappa shape index (κ3) is 3.49. The van der Waals surface area contributed by atoms with Gasteiger partial charge < -0.3 is 5.11 Å². The summed E-state index contributed by atoms with van der Waals surface area (Å²) in [5.41, 5.74) is 0. The Labute approximate surface area is 96.6 Å². The van der Waals surface area contributed by atoms with Crippen molar-refractivity contribution < 1.29 is 18.3 Å². The summed E-state index contributed by atoms with van der Waals surface area (Å²) in [6.45, 7) is 1.49. The first-order chi connectivity index (χ1) is 7.30. The van der Waals surface area contributed by atoms with E-state index in [-0.39, 0.29) is 16.7 Å². The number of hydrogen-bond donors (Lipinski definition) is 2. The standard InChI is InChI=1S/C7H11N3O4S2/c1-4(16(2,13)14)6-8-7(10-9-6)15-3-5(11)12/h4H,3H2,1-2H3,(H,11,12)(H,8,9,10). The molecule has 1 aromatic rings. The summed E-state index contributed by atoms with van der Waals surface area (Å²) in [4.78, 5) is 14.2. The highest BCUT2D eigenvalue weighted by molar-refractivity contribution is 7.99. The zero-order chi connectivity index (χ0) is 12.3. The molecule has 0 saturated heterocycles. The van der Waals surface area contributed by atoms with Crippen molar-refractivity contribution in [3.05, 3.63) is 5.82 Å². The Hall–Kier alpha value is -1.09. The van der Waals surface area contributed by atoms with Crippen molar-refractivity contribution in [2.75, 3.05) is 12.0 Å². The fourth-order valence-corrected chi connectivity index (χ4v) is 1.87. The summed E-state index contributed by atoms with van der Waals surface area (Å²) in [5, 5.41) is 14.1. The van der Waals surface area contributed by atoms with E-state index in [9.17, 15) is 13.2 Å². The Balaban J connectivity index is 2.75. The number of carbonyl (C=O) groups is 1. The molecule has 0 aliphatic heterocycles. The molecule has 0 aromatic carbocycles. The Morgan fingerprint density at radius 2 is 2.25 bits per heavy atom. The first-order valence-electron chi connectivity index (χ1n) is 4.26. The molecule has 1 heterocycles. The number of nitrogens with zero attached hydrogens (tertiary/aromatic N) is 2. The van der Waals surface area contributed by atoms with Crippen molar-refractivity contribution in [1.82, 2.24) is 15.2 Å². The van der Waals surface area contributed by atoms with Crippen LogP contribution < -0.4 is 0 Å². The summed E-state index contributed by atoms with van der Waals surface area (Å²) < 4.78 is 22.4. The van der Waals surface area contributed by atoms with Gasteiger partial charge in [-0.25, -0.2) is 13.4 Å². The number of nitrogens with one attached hydrogen (secondary N) is 1. The molecule has 0 radical (unpaired) electrons. The molecule has 9 heteroatoms. The predicted octanol–water partition coefficient (Wildman–Crippen LogP) is 0.0870. The smallest absolute Gasteiger partial charge is 0.313 e. The van der Waals surface area contributed by atoms with Crippen LogP contribution in [0.5, 0.6) is 0 Å². The van der Waals surface area contributed by atoms with Crippen LogP contribution in [0, 0.1) is 0 Å². The van der Waals surface area contributed by atoms with Gasteiger partial charge in [-0.2, -0.15) is 0 Å². The molecule has 16 heavy (non-hydrogen) atoms. The molecule has 0 bridgehead atoms. The van der Waals surface area contributed by atoms with Gasteiger partial charge in [-0.05, 0) is 6.92 Å². The molecule has 1 aromatic heterocycles. The number of aromatic amines is 1. The van der Waals surface area contributed by atoms with E-state index in [1.54, 1.807) is 0 Å². The second-order valence-electron chi connectivity index (χ2n) is 3.16. The average Bonchev–Trinajstić information content (AvgIpc) is 2.60. The Morgan fingerprint density at radius 1 is 1.62 bits per heavy atom. The van der Waals surface area contributed by atoms with E-state index < -0.39 is 21.1 Å². The van der Waals surface area contributed by atoms with Gasteiger partial charge in [0.05, 0.1) is 5.75 Å². The molecule has 2 N–H and O–H groups in total. The monoisotopic (exact) mass is 265 g/mol. The zero-order valence-electron chi connectivity index (χ0n) is 8.67. The maximum absolute atomic E-state index is 11.2. The van der Waals surface area contributed by atoms with Crippen LogP contribution in [0.2, 0.25) is 0 Å². The van der Waals surface area contributed by atoms with Gasteiger partial charge in [0.2, 0.25) is 5.16 Å². The van der Waals surface area contributed by atoms with Crippen LogP contribution in [-0.2, 0) is 14.6 Å². The topological polar surface area (TPSA) is 113 Å². The molecule has 0 saturated carbocycles. The molecule has 0 aliphatic carbocycles. The Kier molecular flexibility index (Phi) is 3.92. The van der Waals surface area contributed by atoms with Gasteiger partial charge in [0.15, 0.2) is 9.84 Å². The highest BCUT2D eigenvalue weighted by Gasteiger charge is 2.21. The van der Waals surface area contributed by atoms with E-state index in [2.05, 4.69) is 15.2 Å². The number of aromatic nitrogens is 3. The van der Waals surface area contributed by atoms with Crippen LogP contribution >= 0.6 is 11.8 Å². The maximum atomic E-state index is 11.2. The number of carboxylic acids is 1. The van der Waals surface area contributed by atoms with Crippen LogP contribution in [0.1, 0.15) is 18.0 Å². The lowest BCUT2D eigenvalue weighted by atomic mass is 10.5. The van der Waals surface area contributed by atoms with E-state index in [0.717, 1.165) is 18.0 Å². The van der Waals surface area contributed by atoms with E-state index in [1.807, 2.05) is 0 Å². The number of H-pyrrole nitrogens is 1. The molecular weight excluding hydrogens is 254 g/mol. The third-order valence-corrected chi connectivity index (χ3v) is 4.17. The van der Waals surface area contributed by atoms with Crippen molar-refractivity contribution in [2.45, 2.75) is 17.3 Å². The van der Waals surface area contributed by atoms with E-state index in [4.69, 9.17) is 5.11 Å². The highest BCUT2D eigenvalue weighted by Crippen LogP contribution is 2.19. The zero-order valence-corrected chi connectivity index (χ0v) is 10.3. The molecule has 0 spiro atoms.